The quantitative estimate of drug-likeness (QED) is 0.778. The molecule has 0 aliphatic carbocycles. The SMILES string of the molecule is CC(=O)c1ccc(Sc2nnnn2C)c(F)c1. The van der Waals surface area contributed by atoms with E-state index in [1.807, 2.05) is 0 Å². The fourth-order valence-corrected chi connectivity index (χ4v) is 1.94. The smallest absolute Gasteiger partial charge is 0.213 e. The number of carbonyl (C=O) groups excluding carboxylic acids is 1. The minimum atomic E-state index is -0.453. The van der Waals surface area contributed by atoms with E-state index in [1.54, 1.807) is 19.2 Å². The number of aryl methyl sites for hydroxylation is 1. The Morgan fingerprint density at radius 3 is 2.76 bits per heavy atom. The molecule has 0 saturated carbocycles. The molecule has 2 aromatic rings. The molecular weight excluding hydrogens is 243 g/mol. The Labute approximate surface area is 101 Å². The second kappa shape index (κ2) is 4.62. The van der Waals surface area contributed by atoms with Crippen molar-refractivity contribution in [1.29, 1.82) is 0 Å². The van der Waals surface area contributed by atoms with Crippen LogP contribution in [-0.4, -0.2) is 26.0 Å². The monoisotopic (exact) mass is 252 g/mol. The van der Waals surface area contributed by atoms with Gasteiger partial charge in [-0.05, 0) is 41.2 Å². The minimum Gasteiger partial charge on any atom is -0.295 e. The van der Waals surface area contributed by atoms with Gasteiger partial charge in [-0.1, -0.05) is 6.07 Å². The van der Waals surface area contributed by atoms with Gasteiger partial charge in [0.05, 0.1) is 4.90 Å². The molecule has 0 amide bonds. The molecule has 0 atom stereocenters. The minimum absolute atomic E-state index is 0.166. The molecule has 17 heavy (non-hydrogen) atoms. The number of Topliss-reactive ketones (excluding diaryl/α,β-unsaturated/α-hetero) is 1. The average molecular weight is 252 g/mol. The first-order chi connectivity index (χ1) is 8.08. The molecule has 1 aromatic carbocycles. The van der Waals surface area contributed by atoms with Crippen molar-refractivity contribution in [2.75, 3.05) is 0 Å². The highest BCUT2D eigenvalue weighted by Crippen LogP contribution is 2.27. The number of ketones is 1. The van der Waals surface area contributed by atoms with E-state index in [9.17, 15) is 9.18 Å². The molecular formula is C10H9FN4OS. The van der Waals surface area contributed by atoms with E-state index in [2.05, 4.69) is 15.5 Å². The summed E-state index contributed by atoms with van der Waals surface area (Å²) in [6.07, 6.45) is 0. The Kier molecular flexibility index (Phi) is 3.19. The Balaban J connectivity index is 2.29. The van der Waals surface area contributed by atoms with E-state index in [0.717, 1.165) is 11.8 Å². The Hall–Kier alpha value is -1.76. The molecule has 1 heterocycles. The molecule has 0 N–H and O–H groups in total. The van der Waals surface area contributed by atoms with Gasteiger partial charge in [0.2, 0.25) is 5.16 Å². The molecule has 2 rings (SSSR count). The molecule has 88 valence electrons. The molecule has 0 radical (unpaired) electrons. The second-order valence-corrected chi connectivity index (χ2v) is 4.40. The van der Waals surface area contributed by atoms with Gasteiger partial charge in [0, 0.05) is 12.6 Å². The van der Waals surface area contributed by atoms with Crippen molar-refractivity contribution in [1.82, 2.24) is 20.2 Å². The number of carbonyl (C=O) groups is 1. The van der Waals surface area contributed by atoms with Gasteiger partial charge in [-0.15, -0.1) is 5.10 Å². The van der Waals surface area contributed by atoms with Gasteiger partial charge in [-0.2, -0.15) is 0 Å². The lowest BCUT2D eigenvalue weighted by molar-refractivity contribution is 0.101. The fourth-order valence-electron chi connectivity index (χ4n) is 1.21. The topological polar surface area (TPSA) is 60.7 Å². The van der Waals surface area contributed by atoms with E-state index in [-0.39, 0.29) is 5.78 Å². The largest absolute Gasteiger partial charge is 0.295 e. The van der Waals surface area contributed by atoms with Gasteiger partial charge in [0.25, 0.3) is 0 Å². The standard InChI is InChI=1S/C10H9FN4OS/c1-6(16)7-3-4-9(8(11)5-7)17-10-12-13-14-15(10)2/h3-5H,1-2H3. The molecule has 0 aliphatic heterocycles. The van der Waals surface area contributed by atoms with Crippen LogP contribution in [0.15, 0.2) is 28.3 Å². The van der Waals surface area contributed by atoms with Crippen LogP contribution in [0.4, 0.5) is 4.39 Å². The number of rotatable bonds is 3. The first kappa shape index (κ1) is 11.7. The van der Waals surface area contributed by atoms with Crippen LogP contribution in [0.3, 0.4) is 0 Å². The lowest BCUT2D eigenvalue weighted by Gasteiger charge is -2.02. The molecule has 7 heteroatoms. The number of nitrogens with zero attached hydrogens (tertiary/aromatic N) is 4. The number of hydrogen-bond acceptors (Lipinski definition) is 5. The summed E-state index contributed by atoms with van der Waals surface area (Å²) in [6, 6.07) is 4.34. The van der Waals surface area contributed by atoms with Crippen molar-refractivity contribution in [3.63, 3.8) is 0 Å². The molecule has 0 bridgehead atoms. The molecule has 0 aliphatic rings. The van der Waals surface area contributed by atoms with E-state index >= 15 is 0 Å². The average Bonchev–Trinajstić information content (AvgIpc) is 2.67. The van der Waals surface area contributed by atoms with E-state index < -0.39 is 5.82 Å². The number of aromatic nitrogens is 4. The zero-order chi connectivity index (χ0) is 12.4. The maximum atomic E-state index is 13.7. The molecule has 0 unspecified atom stereocenters. The van der Waals surface area contributed by atoms with E-state index in [0.29, 0.717) is 15.6 Å². The molecule has 1 aromatic heterocycles. The van der Waals surface area contributed by atoms with E-state index in [4.69, 9.17) is 0 Å². The third-order valence-electron chi connectivity index (χ3n) is 2.12. The van der Waals surface area contributed by atoms with Gasteiger partial charge in [0.1, 0.15) is 5.82 Å². The maximum Gasteiger partial charge on any atom is 0.213 e. The number of hydrogen-bond donors (Lipinski definition) is 0. The van der Waals surface area contributed by atoms with E-state index in [1.165, 1.54) is 17.7 Å². The van der Waals surface area contributed by atoms with Crippen LogP contribution in [0.1, 0.15) is 17.3 Å². The molecule has 0 spiro atoms. The van der Waals surface area contributed by atoms with Crippen molar-refractivity contribution >= 4 is 17.5 Å². The normalized spacial score (nSPS) is 10.5. The van der Waals surface area contributed by atoms with Crippen LogP contribution in [0.25, 0.3) is 0 Å². The van der Waals surface area contributed by atoms with Gasteiger partial charge in [-0.3, -0.25) is 4.79 Å². The van der Waals surface area contributed by atoms with Crippen LogP contribution < -0.4 is 0 Å². The van der Waals surface area contributed by atoms with Crippen molar-refractivity contribution in [2.45, 2.75) is 17.0 Å². The van der Waals surface area contributed by atoms with Gasteiger partial charge < -0.3 is 0 Å². The lowest BCUT2D eigenvalue weighted by atomic mass is 10.1. The Morgan fingerprint density at radius 2 is 2.24 bits per heavy atom. The van der Waals surface area contributed by atoms with Crippen molar-refractivity contribution < 1.29 is 9.18 Å². The van der Waals surface area contributed by atoms with Gasteiger partial charge in [0.15, 0.2) is 5.78 Å². The van der Waals surface area contributed by atoms with Crippen molar-refractivity contribution in [3.05, 3.63) is 29.6 Å². The summed E-state index contributed by atoms with van der Waals surface area (Å²) in [7, 11) is 1.67. The summed E-state index contributed by atoms with van der Waals surface area (Å²) in [6.45, 7) is 1.40. The summed E-state index contributed by atoms with van der Waals surface area (Å²) < 4.78 is 15.1. The highest BCUT2D eigenvalue weighted by Gasteiger charge is 2.11. The van der Waals surface area contributed by atoms with Crippen molar-refractivity contribution in [3.8, 4) is 0 Å². The Bertz CT molecular complexity index is 569. The molecule has 0 fully saturated rings. The predicted molar refractivity (Wildman–Crippen MR) is 59.3 cm³/mol. The molecule has 0 saturated heterocycles. The van der Waals surface area contributed by atoms with Crippen LogP contribution in [0.2, 0.25) is 0 Å². The fraction of sp³-hybridized carbons (Fsp3) is 0.200. The highest BCUT2D eigenvalue weighted by atomic mass is 32.2. The number of halogens is 1. The zero-order valence-corrected chi connectivity index (χ0v) is 10.0. The first-order valence-electron chi connectivity index (χ1n) is 4.78. The second-order valence-electron chi connectivity index (χ2n) is 3.39. The summed E-state index contributed by atoms with van der Waals surface area (Å²) in [5.41, 5.74) is 0.350. The van der Waals surface area contributed by atoms with Crippen LogP contribution in [-0.2, 0) is 7.05 Å². The first-order valence-corrected chi connectivity index (χ1v) is 5.60. The summed E-state index contributed by atoms with van der Waals surface area (Å²) in [5.74, 6) is -0.619. The van der Waals surface area contributed by atoms with Gasteiger partial charge in [-0.25, -0.2) is 9.07 Å². The summed E-state index contributed by atoms with van der Waals surface area (Å²) >= 11 is 1.11. The number of benzene rings is 1. The lowest BCUT2D eigenvalue weighted by Crippen LogP contribution is -1.96. The van der Waals surface area contributed by atoms with Crippen LogP contribution >= 0.6 is 11.8 Å². The van der Waals surface area contributed by atoms with Crippen LogP contribution in [0.5, 0.6) is 0 Å². The third kappa shape index (κ3) is 2.50. The molecule has 5 nitrogen and oxygen atoms in total. The Morgan fingerprint density at radius 1 is 1.47 bits per heavy atom. The predicted octanol–water partition coefficient (Wildman–Crippen LogP) is 1.70. The maximum absolute atomic E-state index is 13.7. The van der Waals surface area contributed by atoms with Crippen molar-refractivity contribution in [2.24, 2.45) is 7.05 Å². The summed E-state index contributed by atoms with van der Waals surface area (Å²) in [5, 5.41) is 11.3. The highest BCUT2D eigenvalue weighted by molar-refractivity contribution is 7.99. The zero-order valence-electron chi connectivity index (χ0n) is 9.22. The third-order valence-corrected chi connectivity index (χ3v) is 3.20. The van der Waals surface area contributed by atoms with Gasteiger partial charge >= 0.3 is 0 Å². The number of tetrazole rings is 1. The summed E-state index contributed by atoms with van der Waals surface area (Å²) in [4.78, 5) is 11.5. The van der Waals surface area contributed by atoms with Crippen LogP contribution in [0, 0.1) is 5.82 Å².